The van der Waals surface area contributed by atoms with Gasteiger partial charge < -0.3 is 4.74 Å². The summed E-state index contributed by atoms with van der Waals surface area (Å²) in [5.74, 6) is -0.963. The summed E-state index contributed by atoms with van der Waals surface area (Å²) in [6, 6.07) is 18.5. The second-order valence-electron chi connectivity index (χ2n) is 8.78. The molecule has 0 aromatic heterocycles. The lowest BCUT2D eigenvalue weighted by Gasteiger charge is -2.45. The highest BCUT2D eigenvalue weighted by molar-refractivity contribution is 5.88. The number of hydroxylamine groups is 2. The average Bonchev–Trinajstić information content (AvgIpc) is 3.10. The molecule has 6 heteroatoms. The van der Waals surface area contributed by atoms with Crippen LogP contribution in [0.5, 0.6) is 0 Å². The Balaban J connectivity index is 1.47. The number of rotatable bonds is 7. The molecule has 1 atom stereocenters. The first-order valence-corrected chi connectivity index (χ1v) is 11.4. The first-order chi connectivity index (χ1) is 15.6. The lowest BCUT2D eigenvalue weighted by Crippen LogP contribution is -2.57. The lowest BCUT2D eigenvalue weighted by atomic mass is 9.77. The zero-order chi connectivity index (χ0) is 22.6. The van der Waals surface area contributed by atoms with E-state index >= 15 is 0 Å². The molecule has 1 amide bonds. The van der Waals surface area contributed by atoms with Crippen molar-refractivity contribution in [3.63, 3.8) is 0 Å². The van der Waals surface area contributed by atoms with E-state index in [-0.39, 0.29) is 18.3 Å². The minimum absolute atomic E-state index is 0.139. The molecule has 2 aliphatic rings. The number of carbonyl (C=O) groups excluding carboxylic acids is 2. The summed E-state index contributed by atoms with van der Waals surface area (Å²) >= 11 is 0. The van der Waals surface area contributed by atoms with E-state index < -0.39 is 11.5 Å². The van der Waals surface area contributed by atoms with E-state index in [1.165, 1.54) is 23.3 Å². The van der Waals surface area contributed by atoms with Crippen LogP contribution < -0.4 is 0 Å². The van der Waals surface area contributed by atoms with Gasteiger partial charge in [-0.05, 0) is 36.0 Å². The number of ether oxygens (including phenoxy) is 1. The van der Waals surface area contributed by atoms with Crippen molar-refractivity contribution < 1.29 is 19.2 Å². The van der Waals surface area contributed by atoms with E-state index in [4.69, 9.17) is 9.57 Å². The molecule has 0 saturated carbocycles. The van der Waals surface area contributed by atoms with Crippen molar-refractivity contribution in [2.45, 2.75) is 51.3 Å². The monoisotopic (exact) mass is 436 g/mol. The summed E-state index contributed by atoms with van der Waals surface area (Å²) in [5.41, 5.74) is 2.96. The van der Waals surface area contributed by atoms with Crippen molar-refractivity contribution in [3.05, 3.63) is 71.3 Å². The van der Waals surface area contributed by atoms with Gasteiger partial charge in [0.15, 0.2) is 0 Å². The normalized spacial score (nSPS) is 20.6. The number of nitrogens with zero attached hydrogens (tertiary/aromatic N) is 2. The van der Waals surface area contributed by atoms with Gasteiger partial charge in [-0.25, -0.2) is 5.06 Å². The third kappa shape index (κ3) is 4.57. The molecule has 2 saturated heterocycles. The van der Waals surface area contributed by atoms with Crippen molar-refractivity contribution in [2.24, 2.45) is 5.92 Å². The zero-order valence-corrected chi connectivity index (χ0v) is 19.0. The van der Waals surface area contributed by atoms with Crippen LogP contribution in [0.1, 0.15) is 42.9 Å². The summed E-state index contributed by atoms with van der Waals surface area (Å²) in [4.78, 5) is 34.0. The van der Waals surface area contributed by atoms with E-state index in [2.05, 4.69) is 36.1 Å². The smallest absolute Gasteiger partial charge is 0.311 e. The van der Waals surface area contributed by atoms with Crippen LogP contribution in [-0.2, 0) is 38.7 Å². The van der Waals surface area contributed by atoms with Gasteiger partial charge >= 0.3 is 5.97 Å². The van der Waals surface area contributed by atoms with Crippen molar-refractivity contribution in [1.82, 2.24) is 9.96 Å². The minimum atomic E-state index is -0.651. The first kappa shape index (κ1) is 22.5. The molecule has 0 aliphatic carbocycles. The topological polar surface area (TPSA) is 59.1 Å². The molecule has 2 fully saturated rings. The summed E-state index contributed by atoms with van der Waals surface area (Å²) in [6.45, 7) is 4.91. The van der Waals surface area contributed by atoms with Crippen molar-refractivity contribution in [2.75, 3.05) is 20.2 Å². The van der Waals surface area contributed by atoms with Gasteiger partial charge in [-0.15, -0.1) is 0 Å². The standard InChI is InChI=1S/C26H32N2O4/c1-3-20-9-11-21(12-10-20)18-27-15-13-26(14-16-27)23(25(30)31-2)17-24(29)28(26)32-19-22-7-5-4-6-8-22/h4-12,23H,3,13-19H2,1-2H3. The molecule has 0 radical (unpaired) electrons. The Morgan fingerprint density at radius 1 is 1.00 bits per heavy atom. The van der Waals surface area contributed by atoms with Gasteiger partial charge in [-0.3, -0.25) is 19.3 Å². The maximum atomic E-state index is 12.9. The van der Waals surface area contributed by atoms with E-state index in [9.17, 15) is 9.59 Å². The molecule has 0 N–H and O–H groups in total. The van der Waals surface area contributed by atoms with Crippen molar-refractivity contribution >= 4 is 11.9 Å². The molecular formula is C26H32N2O4. The van der Waals surface area contributed by atoms with Crippen molar-refractivity contribution in [3.8, 4) is 0 Å². The maximum Gasteiger partial charge on any atom is 0.311 e. The van der Waals surface area contributed by atoms with Gasteiger partial charge in [0.25, 0.3) is 0 Å². The lowest BCUT2D eigenvalue weighted by molar-refractivity contribution is -0.229. The predicted molar refractivity (Wildman–Crippen MR) is 121 cm³/mol. The molecule has 0 bridgehead atoms. The fourth-order valence-electron chi connectivity index (χ4n) is 4.98. The Bertz CT molecular complexity index is 921. The van der Waals surface area contributed by atoms with Crippen LogP contribution in [0.25, 0.3) is 0 Å². The Labute approximate surface area is 190 Å². The van der Waals surface area contributed by atoms with E-state index in [1.807, 2.05) is 30.3 Å². The zero-order valence-electron chi connectivity index (χ0n) is 19.0. The van der Waals surface area contributed by atoms with E-state index in [0.29, 0.717) is 19.4 Å². The molecule has 32 heavy (non-hydrogen) atoms. The van der Waals surface area contributed by atoms with E-state index in [0.717, 1.165) is 31.6 Å². The molecule has 2 aliphatic heterocycles. The summed E-state index contributed by atoms with van der Waals surface area (Å²) < 4.78 is 5.08. The third-order valence-electron chi connectivity index (χ3n) is 6.91. The number of methoxy groups -OCH3 is 1. The Morgan fingerprint density at radius 3 is 2.28 bits per heavy atom. The number of benzene rings is 2. The fraction of sp³-hybridized carbons (Fsp3) is 0.462. The number of esters is 1. The maximum absolute atomic E-state index is 12.9. The number of hydrogen-bond donors (Lipinski definition) is 0. The van der Waals surface area contributed by atoms with Crippen LogP contribution in [-0.4, -0.2) is 47.6 Å². The van der Waals surface area contributed by atoms with E-state index in [1.54, 1.807) is 0 Å². The van der Waals surface area contributed by atoms with Gasteiger partial charge in [0.05, 0.1) is 18.6 Å². The SMILES string of the molecule is CCc1ccc(CN2CCC3(CC2)C(C(=O)OC)CC(=O)N3OCc2ccccc2)cc1. The number of likely N-dealkylation sites (tertiary alicyclic amines) is 1. The summed E-state index contributed by atoms with van der Waals surface area (Å²) in [7, 11) is 1.39. The number of hydrogen-bond acceptors (Lipinski definition) is 5. The fourth-order valence-corrected chi connectivity index (χ4v) is 4.98. The number of piperidine rings is 1. The number of amides is 1. The number of carbonyl (C=O) groups is 2. The molecular weight excluding hydrogens is 404 g/mol. The average molecular weight is 437 g/mol. The largest absolute Gasteiger partial charge is 0.469 e. The highest BCUT2D eigenvalue weighted by Gasteiger charge is 2.58. The van der Waals surface area contributed by atoms with Gasteiger partial charge in [0, 0.05) is 26.1 Å². The van der Waals surface area contributed by atoms with Crippen LogP contribution >= 0.6 is 0 Å². The predicted octanol–water partition coefficient (Wildman–Crippen LogP) is 3.74. The third-order valence-corrected chi connectivity index (χ3v) is 6.91. The van der Waals surface area contributed by atoms with Crippen LogP contribution in [0.15, 0.2) is 54.6 Å². The van der Waals surface area contributed by atoms with Gasteiger partial charge in [0.2, 0.25) is 5.91 Å². The minimum Gasteiger partial charge on any atom is -0.469 e. The highest BCUT2D eigenvalue weighted by Crippen LogP contribution is 2.44. The molecule has 2 aromatic rings. The van der Waals surface area contributed by atoms with Crippen LogP contribution in [0.2, 0.25) is 0 Å². The highest BCUT2D eigenvalue weighted by atomic mass is 16.7. The molecule has 2 aromatic carbocycles. The quantitative estimate of drug-likeness (QED) is 0.619. The molecule has 1 unspecified atom stereocenters. The summed E-state index contributed by atoms with van der Waals surface area (Å²) in [5, 5.41) is 1.51. The molecule has 2 heterocycles. The Hall–Kier alpha value is -2.70. The van der Waals surface area contributed by atoms with Gasteiger partial charge in [-0.1, -0.05) is 61.5 Å². The molecule has 4 rings (SSSR count). The van der Waals surface area contributed by atoms with Gasteiger partial charge in [0.1, 0.15) is 6.61 Å². The second kappa shape index (κ2) is 9.84. The summed E-state index contributed by atoms with van der Waals surface area (Å²) in [6.07, 6.45) is 2.54. The van der Waals surface area contributed by atoms with Crippen LogP contribution in [0, 0.1) is 5.92 Å². The van der Waals surface area contributed by atoms with Crippen LogP contribution in [0.4, 0.5) is 0 Å². The second-order valence-corrected chi connectivity index (χ2v) is 8.78. The molecule has 6 nitrogen and oxygen atoms in total. The van der Waals surface area contributed by atoms with Crippen molar-refractivity contribution in [1.29, 1.82) is 0 Å². The first-order valence-electron chi connectivity index (χ1n) is 11.4. The molecule has 170 valence electrons. The van der Waals surface area contributed by atoms with Gasteiger partial charge in [-0.2, -0.15) is 0 Å². The molecule has 1 spiro atoms. The Kier molecular flexibility index (Phi) is 6.92. The van der Waals surface area contributed by atoms with Crippen LogP contribution in [0.3, 0.4) is 0 Å². The Morgan fingerprint density at radius 2 is 1.66 bits per heavy atom. The number of aryl methyl sites for hydroxylation is 1.